The predicted molar refractivity (Wildman–Crippen MR) is 246 cm³/mol. The number of hydrogen-bond acceptors (Lipinski definition) is 9. The zero-order chi connectivity index (χ0) is 44.6. The summed E-state index contributed by atoms with van der Waals surface area (Å²) in [6.45, 7) is 1.34. The Kier molecular flexibility index (Phi) is 15.8. The lowest BCUT2D eigenvalue weighted by atomic mass is 9.89. The van der Waals surface area contributed by atoms with Crippen LogP contribution in [0, 0.1) is 0 Å². The van der Waals surface area contributed by atoms with Gasteiger partial charge in [-0.05, 0) is 39.4 Å². The topological polar surface area (TPSA) is 127 Å². The molecule has 334 valence electrons. The number of hydrogen-bond donors (Lipinski definition) is 2. The number of aromatic nitrogens is 1. The second kappa shape index (κ2) is 22.8. The number of nitrogens with one attached hydrogen (secondary N) is 2. The van der Waals surface area contributed by atoms with E-state index in [1.165, 1.54) is 7.11 Å². The van der Waals surface area contributed by atoms with Gasteiger partial charge in [0.15, 0.2) is 0 Å². The summed E-state index contributed by atoms with van der Waals surface area (Å²) in [5.41, 5.74) is 6.95. The van der Waals surface area contributed by atoms with Crippen LogP contribution in [-0.2, 0) is 77.4 Å². The van der Waals surface area contributed by atoms with Crippen molar-refractivity contribution in [2.75, 3.05) is 13.7 Å². The Morgan fingerprint density at radius 1 is 0.569 bits per heavy atom. The van der Waals surface area contributed by atoms with Crippen LogP contribution in [0.4, 0.5) is 4.79 Å². The predicted octanol–water partition coefficient (Wildman–Crippen LogP) is 9.59. The third-order valence-corrected chi connectivity index (χ3v) is 11.4. The van der Waals surface area contributed by atoms with Gasteiger partial charge in [0.05, 0.1) is 45.8 Å². The number of rotatable bonds is 20. The molecular weight excluding hydrogens is 821 g/mol. The molecule has 65 heavy (non-hydrogen) atoms. The first-order chi connectivity index (χ1) is 32.0. The van der Waals surface area contributed by atoms with Crippen LogP contribution < -0.4 is 5.32 Å². The molecule has 6 atom stereocenters. The minimum atomic E-state index is -1.12. The smallest absolute Gasteiger partial charge is 0.408 e. The molecule has 1 amide bonds. The van der Waals surface area contributed by atoms with Crippen molar-refractivity contribution >= 4 is 23.0 Å². The molecule has 2 N–H and O–H groups in total. The number of carbonyl (C=O) groups excluding carboxylic acids is 2. The van der Waals surface area contributed by atoms with Gasteiger partial charge in [0.1, 0.15) is 43.2 Å². The van der Waals surface area contributed by atoms with Crippen molar-refractivity contribution in [2.45, 2.75) is 76.0 Å². The first-order valence-corrected chi connectivity index (χ1v) is 21.9. The lowest BCUT2D eigenvalue weighted by Gasteiger charge is -2.46. The van der Waals surface area contributed by atoms with E-state index in [0.29, 0.717) is 12.3 Å². The van der Waals surface area contributed by atoms with Gasteiger partial charge >= 0.3 is 12.1 Å². The van der Waals surface area contributed by atoms with Crippen molar-refractivity contribution in [1.29, 1.82) is 0 Å². The molecule has 8 rings (SSSR count). The van der Waals surface area contributed by atoms with Crippen molar-refractivity contribution in [2.24, 2.45) is 0 Å². The number of amides is 1. The molecule has 0 bridgehead atoms. The summed E-state index contributed by atoms with van der Waals surface area (Å²) in [5, 5.41) is 3.62. The minimum absolute atomic E-state index is 0.0286. The number of benzene rings is 6. The highest BCUT2D eigenvalue weighted by Gasteiger charge is 2.50. The van der Waals surface area contributed by atoms with Crippen molar-refractivity contribution in [3.63, 3.8) is 0 Å². The van der Waals surface area contributed by atoms with E-state index >= 15 is 0 Å². The highest BCUT2D eigenvalue weighted by molar-refractivity contribution is 5.87. The van der Waals surface area contributed by atoms with E-state index in [0.717, 1.165) is 44.3 Å². The quantitative estimate of drug-likeness (QED) is 0.0721. The maximum atomic E-state index is 13.6. The van der Waals surface area contributed by atoms with Gasteiger partial charge in [0.25, 0.3) is 0 Å². The Balaban J connectivity index is 1.19. The van der Waals surface area contributed by atoms with Crippen LogP contribution in [0.15, 0.2) is 176 Å². The zero-order valence-corrected chi connectivity index (χ0v) is 36.3. The second-order valence-corrected chi connectivity index (χ2v) is 15.9. The van der Waals surface area contributed by atoms with Crippen molar-refractivity contribution in [3.05, 3.63) is 215 Å². The molecule has 1 saturated heterocycles. The first-order valence-electron chi connectivity index (χ1n) is 21.9. The number of carbonyl (C=O) groups is 2. The van der Waals surface area contributed by atoms with E-state index < -0.39 is 48.6 Å². The summed E-state index contributed by atoms with van der Waals surface area (Å²) < 4.78 is 45.6. The summed E-state index contributed by atoms with van der Waals surface area (Å²) in [6, 6.07) is 56.0. The average Bonchev–Trinajstić information content (AvgIpc) is 3.72. The Morgan fingerprint density at radius 2 is 1.03 bits per heavy atom. The van der Waals surface area contributed by atoms with Gasteiger partial charge in [-0.25, -0.2) is 9.59 Å². The van der Waals surface area contributed by atoms with Crippen LogP contribution in [-0.4, -0.2) is 61.2 Å². The molecule has 1 fully saturated rings. The molecular formula is C54H54N2O9. The molecule has 0 unspecified atom stereocenters. The number of H-pyrrole nitrogens is 1. The Bertz CT molecular complexity index is 2520. The highest BCUT2D eigenvalue weighted by atomic mass is 16.6. The van der Waals surface area contributed by atoms with E-state index in [4.69, 9.17) is 33.2 Å². The van der Waals surface area contributed by atoms with Gasteiger partial charge in [0.2, 0.25) is 0 Å². The Hall–Kier alpha value is -6.60. The summed E-state index contributed by atoms with van der Waals surface area (Å²) >= 11 is 0. The minimum Gasteiger partial charge on any atom is -0.467 e. The third kappa shape index (κ3) is 12.2. The van der Waals surface area contributed by atoms with Gasteiger partial charge < -0.3 is 43.5 Å². The number of esters is 1. The van der Waals surface area contributed by atoms with E-state index in [2.05, 4.69) is 10.3 Å². The molecule has 1 aromatic heterocycles. The molecule has 0 radical (unpaired) electrons. The molecule has 11 heteroatoms. The van der Waals surface area contributed by atoms with Crippen molar-refractivity contribution in [3.8, 4) is 0 Å². The standard InChI is InChI=1S/C54H54N2O9/c1-59-53(57)46(56-54(58)64-36-42-27-15-6-16-28-42)31-44-43-29-17-18-30-45(43)55-48(44)50-52(63-35-41-25-13-5-14-26-41)51(62-34-40-23-11-4-12-24-40)49(61-33-39-21-9-3-10-22-39)47(65-50)37-60-32-38-19-7-2-8-20-38/h2-30,46-47,49-52,55H,31-37H2,1H3,(H,56,58)/t46-,47+,49+,50+,51-,52-/m0/s1. The summed E-state index contributed by atoms with van der Waals surface area (Å²) in [7, 11) is 1.30. The zero-order valence-electron chi connectivity index (χ0n) is 36.3. The molecule has 0 aliphatic carbocycles. The number of para-hydroxylation sites is 1. The van der Waals surface area contributed by atoms with Crippen LogP contribution in [0.25, 0.3) is 10.9 Å². The van der Waals surface area contributed by atoms with Crippen LogP contribution in [0.2, 0.25) is 0 Å². The number of methoxy groups -OCH3 is 1. The molecule has 1 aliphatic rings. The van der Waals surface area contributed by atoms with Gasteiger partial charge in [-0.15, -0.1) is 0 Å². The number of aromatic amines is 1. The molecule has 2 heterocycles. The van der Waals surface area contributed by atoms with E-state index in [9.17, 15) is 9.59 Å². The molecule has 0 spiro atoms. The Labute approximate surface area is 379 Å². The SMILES string of the molecule is COC(=O)[C@H](Cc1c([C@H]2O[C@H](COCc3ccccc3)[C@@H](OCc3ccccc3)[C@H](OCc3ccccc3)[C@H]2OCc2ccccc2)[nH]c2ccccc12)NC(=O)OCc1ccccc1. The average molecular weight is 875 g/mol. The molecule has 0 saturated carbocycles. The van der Waals surface area contributed by atoms with Crippen LogP contribution in [0.3, 0.4) is 0 Å². The van der Waals surface area contributed by atoms with Crippen LogP contribution in [0.5, 0.6) is 0 Å². The highest BCUT2D eigenvalue weighted by Crippen LogP contribution is 2.41. The maximum absolute atomic E-state index is 13.6. The number of ether oxygens (including phenoxy) is 7. The monoisotopic (exact) mass is 874 g/mol. The fourth-order valence-electron chi connectivity index (χ4n) is 8.15. The maximum Gasteiger partial charge on any atom is 0.408 e. The lowest BCUT2D eigenvalue weighted by Crippen LogP contribution is -2.58. The first kappa shape index (κ1) is 45.0. The van der Waals surface area contributed by atoms with Crippen molar-refractivity contribution < 1.29 is 42.7 Å². The molecule has 11 nitrogen and oxygen atoms in total. The fraction of sp³-hybridized carbons (Fsp3) is 0.259. The largest absolute Gasteiger partial charge is 0.467 e. The Morgan fingerprint density at radius 3 is 1.57 bits per heavy atom. The number of alkyl carbamates (subject to hydrolysis) is 1. The lowest BCUT2D eigenvalue weighted by molar-refractivity contribution is -0.275. The third-order valence-electron chi connectivity index (χ3n) is 11.4. The van der Waals surface area contributed by atoms with Gasteiger partial charge in [-0.1, -0.05) is 170 Å². The molecule has 1 aliphatic heterocycles. The fourth-order valence-corrected chi connectivity index (χ4v) is 8.15. The molecule has 7 aromatic rings. The van der Waals surface area contributed by atoms with Crippen molar-refractivity contribution in [1.82, 2.24) is 10.3 Å². The summed E-state index contributed by atoms with van der Waals surface area (Å²) in [4.78, 5) is 30.6. The molecule has 6 aromatic carbocycles. The normalized spacial score (nSPS) is 18.8. The van der Waals surface area contributed by atoms with E-state index in [1.807, 2.05) is 176 Å². The number of fused-ring (bicyclic) bond motifs is 1. The summed E-state index contributed by atoms with van der Waals surface area (Å²) in [5.74, 6) is -0.634. The van der Waals surface area contributed by atoms with Gasteiger partial charge in [-0.3, -0.25) is 0 Å². The van der Waals surface area contributed by atoms with Gasteiger partial charge in [0, 0.05) is 17.3 Å². The van der Waals surface area contributed by atoms with Gasteiger partial charge in [-0.2, -0.15) is 0 Å². The van der Waals surface area contributed by atoms with E-state index in [1.54, 1.807) is 0 Å². The van der Waals surface area contributed by atoms with Crippen LogP contribution >= 0.6 is 0 Å². The summed E-state index contributed by atoms with van der Waals surface area (Å²) in [6.07, 6.45) is -4.32. The van der Waals surface area contributed by atoms with E-state index in [-0.39, 0.29) is 39.5 Å². The van der Waals surface area contributed by atoms with Crippen LogP contribution in [0.1, 0.15) is 45.2 Å². The second-order valence-electron chi connectivity index (χ2n) is 15.9.